The van der Waals surface area contributed by atoms with E-state index in [1.165, 1.54) is 30.5 Å². The van der Waals surface area contributed by atoms with Crippen molar-refractivity contribution < 1.29 is 13.9 Å². The highest BCUT2D eigenvalue weighted by atomic mass is 79.9. The molecule has 2 N–H and O–H groups in total. The third-order valence-electron chi connectivity index (χ3n) is 2.13. The van der Waals surface area contributed by atoms with Gasteiger partial charge < -0.3 is 10.5 Å². The summed E-state index contributed by atoms with van der Waals surface area (Å²) in [6.07, 6.45) is 1.27. The van der Waals surface area contributed by atoms with Gasteiger partial charge in [0.1, 0.15) is 0 Å². The number of nitrogens with two attached hydrogens (primary N) is 1. The van der Waals surface area contributed by atoms with Crippen LogP contribution in [0.15, 0.2) is 41.0 Å². The molecule has 1 aromatic carbocycles. The molecule has 0 atom stereocenters. The van der Waals surface area contributed by atoms with E-state index in [9.17, 15) is 9.18 Å². The molecule has 0 aliphatic carbocycles. The summed E-state index contributed by atoms with van der Waals surface area (Å²) in [5, 5.41) is 0. The minimum atomic E-state index is -0.581. The molecule has 0 bridgehead atoms. The number of rotatable bonds is 3. The van der Waals surface area contributed by atoms with Crippen molar-refractivity contribution in [3.63, 3.8) is 0 Å². The van der Waals surface area contributed by atoms with Crippen LogP contribution < -0.4 is 10.5 Å². The van der Waals surface area contributed by atoms with E-state index >= 15 is 0 Å². The summed E-state index contributed by atoms with van der Waals surface area (Å²) >= 11 is 3.21. The molecule has 2 aromatic rings. The van der Waals surface area contributed by atoms with Crippen LogP contribution in [0.1, 0.15) is 10.4 Å². The Hall–Kier alpha value is -1.95. The van der Waals surface area contributed by atoms with E-state index in [-0.39, 0.29) is 17.2 Å². The topological polar surface area (TPSA) is 65.2 Å². The van der Waals surface area contributed by atoms with Gasteiger partial charge in [-0.15, -0.1) is 0 Å². The third kappa shape index (κ3) is 2.84. The molecule has 0 saturated heterocycles. The van der Waals surface area contributed by atoms with Gasteiger partial charge in [-0.2, -0.15) is 0 Å². The summed E-state index contributed by atoms with van der Waals surface area (Å²) in [4.78, 5) is 14.7. The zero-order valence-electron chi connectivity index (χ0n) is 9.06. The number of aromatic nitrogens is 1. The standard InChI is InChI=1S/C12H8BrFN2O2/c13-8-2-3-9(14)10(5-8)18-11-4-1-7(6-16-11)12(15)17/h1-6H,(H2,15,17). The fourth-order valence-corrected chi connectivity index (χ4v) is 1.59. The van der Waals surface area contributed by atoms with Gasteiger partial charge in [-0.1, -0.05) is 15.9 Å². The van der Waals surface area contributed by atoms with E-state index < -0.39 is 11.7 Å². The van der Waals surface area contributed by atoms with Crippen LogP contribution in [0.2, 0.25) is 0 Å². The molecule has 18 heavy (non-hydrogen) atoms. The average Bonchev–Trinajstić information content (AvgIpc) is 2.34. The molecule has 6 heteroatoms. The van der Waals surface area contributed by atoms with Crippen LogP contribution in [-0.4, -0.2) is 10.9 Å². The molecule has 2 rings (SSSR count). The largest absolute Gasteiger partial charge is 0.436 e. The van der Waals surface area contributed by atoms with Crippen LogP contribution in [0.3, 0.4) is 0 Å². The first-order valence-electron chi connectivity index (χ1n) is 4.95. The van der Waals surface area contributed by atoms with Crippen LogP contribution in [0.5, 0.6) is 11.6 Å². The van der Waals surface area contributed by atoms with Gasteiger partial charge >= 0.3 is 0 Å². The Morgan fingerprint density at radius 3 is 2.72 bits per heavy atom. The molecule has 4 nitrogen and oxygen atoms in total. The number of nitrogens with zero attached hydrogens (tertiary/aromatic N) is 1. The van der Waals surface area contributed by atoms with Crippen molar-refractivity contribution in [1.29, 1.82) is 0 Å². The van der Waals surface area contributed by atoms with Crippen LogP contribution >= 0.6 is 15.9 Å². The van der Waals surface area contributed by atoms with Crippen molar-refractivity contribution >= 4 is 21.8 Å². The number of hydrogen-bond donors (Lipinski definition) is 1. The summed E-state index contributed by atoms with van der Waals surface area (Å²) in [5.74, 6) is -0.859. The minimum absolute atomic E-state index is 0.0451. The van der Waals surface area contributed by atoms with E-state index in [4.69, 9.17) is 10.5 Å². The van der Waals surface area contributed by atoms with E-state index in [1.54, 1.807) is 6.07 Å². The number of hydrogen-bond acceptors (Lipinski definition) is 3. The second kappa shape index (κ2) is 5.14. The lowest BCUT2D eigenvalue weighted by Gasteiger charge is -2.06. The van der Waals surface area contributed by atoms with Crippen LogP contribution in [-0.2, 0) is 0 Å². The first-order valence-corrected chi connectivity index (χ1v) is 5.74. The summed E-state index contributed by atoms with van der Waals surface area (Å²) in [7, 11) is 0. The molecule has 0 spiro atoms. The third-order valence-corrected chi connectivity index (χ3v) is 2.62. The van der Waals surface area contributed by atoms with Crippen molar-refractivity contribution in [1.82, 2.24) is 4.98 Å². The second-order valence-electron chi connectivity index (χ2n) is 3.43. The van der Waals surface area contributed by atoms with Gasteiger partial charge in [-0.25, -0.2) is 9.37 Å². The average molecular weight is 311 g/mol. The Bertz CT molecular complexity index is 587. The highest BCUT2D eigenvalue weighted by molar-refractivity contribution is 9.10. The molecule has 0 aliphatic heterocycles. The number of ether oxygens (including phenoxy) is 1. The molecule has 0 aliphatic rings. The summed E-state index contributed by atoms with van der Waals surface area (Å²) in [6, 6.07) is 7.23. The molecule has 0 radical (unpaired) electrons. The van der Waals surface area contributed by atoms with Gasteiger partial charge in [-0.3, -0.25) is 4.79 Å². The van der Waals surface area contributed by atoms with Gasteiger partial charge in [0.15, 0.2) is 11.6 Å². The monoisotopic (exact) mass is 310 g/mol. The first-order chi connectivity index (χ1) is 8.56. The molecule has 92 valence electrons. The predicted molar refractivity (Wildman–Crippen MR) is 66.9 cm³/mol. The van der Waals surface area contributed by atoms with Crippen LogP contribution in [0, 0.1) is 5.82 Å². The van der Waals surface area contributed by atoms with Crippen LogP contribution in [0.4, 0.5) is 4.39 Å². The van der Waals surface area contributed by atoms with Gasteiger partial charge in [-0.05, 0) is 24.3 Å². The predicted octanol–water partition coefficient (Wildman–Crippen LogP) is 2.87. The van der Waals surface area contributed by atoms with Crippen molar-refractivity contribution in [2.45, 2.75) is 0 Å². The fourth-order valence-electron chi connectivity index (χ4n) is 1.25. The Morgan fingerprint density at radius 1 is 1.33 bits per heavy atom. The molecule has 1 heterocycles. The lowest BCUT2D eigenvalue weighted by Crippen LogP contribution is -2.10. The minimum Gasteiger partial charge on any atom is -0.436 e. The maximum atomic E-state index is 13.4. The number of pyridine rings is 1. The molecule has 0 saturated carbocycles. The highest BCUT2D eigenvalue weighted by Crippen LogP contribution is 2.26. The molecular formula is C12H8BrFN2O2. The van der Waals surface area contributed by atoms with Crippen molar-refractivity contribution in [3.05, 3.63) is 52.4 Å². The smallest absolute Gasteiger partial charge is 0.250 e. The number of benzene rings is 1. The van der Waals surface area contributed by atoms with Crippen molar-refractivity contribution in [2.75, 3.05) is 0 Å². The van der Waals surface area contributed by atoms with E-state index in [0.717, 1.165) is 0 Å². The fraction of sp³-hybridized carbons (Fsp3) is 0. The van der Waals surface area contributed by atoms with Gasteiger partial charge in [0, 0.05) is 16.7 Å². The lowest BCUT2D eigenvalue weighted by atomic mass is 10.3. The molecular weight excluding hydrogens is 303 g/mol. The van der Waals surface area contributed by atoms with Crippen LogP contribution in [0.25, 0.3) is 0 Å². The Balaban J connectivity index is 2.23. The van der Waals surface area contributed by atoms with Crippen molar-refractivity contribution in [3.8, 4) is 11.6 Å². The number of carbonyl (C=O) groups is 1. The summed E-state index contributed by atoms with van der Waals surface area (Å²) in [6.45, 7) is 0. The number of amides is 1. The van der Waals surface area contributed by atoms with Crippen molar-refractivity contribution in [2.24, 2.45) is 5.73 Å². The Labute approximate surface area is 111 Å². The van der Waals surface area contributed by atoms with E-state index in [0.29, 0.717) is 4.47 Å². The quantitative estimate of drug-likeness (QED) is 0.948. The maximum absolute atomic E-state index is 13.4. The van der Waals surface area contributed by atoms with Gasteiger partial charge in [0.2, 0.25) is 11.8 Å². The SMILES string of the molecule is NC(=O)c1ccc(Oc2cc(Br)ccc2F)nc1. The number of halogens is 2. The first kappa shape index (κ1) is 12.5. The molecule has 0 unspecified atom stereocenters. The number of carbonyl (C=O) groups excluding carboxylic acids is 1. The number of primary amides is 1. The zero-order chi connectivity index (χ0) is 13.1. The molecule has 1 aromatic heterocycles. The molecule has 0 fully saturated rings. The summed E-state index contributed by atoms with van der Waals surface area (Å²) < 4.78 is 19.4. The lowest BCUT2D eigenvalue weighted by molar-refractivity contribution is 0.1000. The normalized spacial score (nSPS) is 10.1. The maximum Gasteiger partial charge on any atom is 0.250 e. The van der Waals surface area contributed by atoms with Gasteiger partial charge in [0.05, 0.1) is 5.56 Å². The zero-order valence-corrected chi connectivity index (χ0v) is 10.6. The highest BCUT2D eigenvalue weighted by Gasteiger charge is 2.07. The van der Waals surface area contributed by atoms with E-state index in [1.807, 2.05) is 0 Å². The Kier molecular flexibility index (Phi) is 3.57. The summed E-state index contributed by atoms with van der Waals surface area (Å²) in [5.41, 5.74) is 5.34. The molecule has 1 amide bonds. The Morgan fingerprint density at radius 2 is 2.11 bits per heavy atom. The second-order valence-corrected chi connectivity index (χ2v) is 4.34. The van der Waals surface area contributed by atoms with E-state index in [2.05, 4.69) is 20.9 Å². The van der Waals surface area contributed by atoms with Gasteiger partial charge in [0.25, 0.3) is 0 Å².